The molecule has 0 unspecified atom stereocenters. The molecule has 1 heterocycles. The van der Waals surface area contributed by atoms with Gasteiger partial charge in [-0.1, -0.05) is 12.1 Å². The molecule has 0 atom stereocenters. The Morgan fingerprint density at radius 3 is 2.38 bits per heavy atom. The summed E-state index contributed by atoms with van der Waals surface area (Å²) in [6.07, 6.45) is 0. The molecule has 0 aliphatic rings. The van der Waals surface area contributed by atoms with Crippen LogP contribution in [0.1, 0.15) is 27.3 Å². The number of aryl methyl sites for hydroxylation is 3. The van der Waals surface area contributed by atoms with Gasteiger partial charge >= 0.3 is 5.97 Å². The largest absolute Gasteiger partial charge is 0.478 e. The SMILES string of the molecule is Cc1cc(C)cc(-n2c(C)nc3c(C(=O)O)cccc32)c1. The molecule has 0 spiro atoms. The molecule has 0 amide bonds. The van der Waals surface area contributed by atoms with E-state index < -0.39 is 5.97 Å². The number of carboxylic acid groups (broad SMARTS) is 1. The number of aromatic carboxylic acids is 1. The van der Waals surface area contributed by atoms with Crippen molar-refractivity contribution in [2.75, 3.05) is 0 Å². The third-order valence-electron chi connectivity index (χ3n) is 3.55. The average molecular weight is 280 g/mol. The molecule has 1 N–H and O–H groups in total. The lowest BCUT2D eigenvalue weighted by molar-refractivity contribution is 0.0699. The first kappa shape index (κ1) is 13.4. The van der Waals surface area contributed by atoms with E-state index in [1.807, 2.05) is 31.4 Å². The van der Waals surface area contributed by atoms with E-state index in [2.05, 4.69) is 23.2 Å². The number of para-hydroxylation sites is 1. The van der Waals surface area contributed by atoms with E-state index in [1.165, 1.54) is 11.1 Å². The summed E-state index contributed by atoms with van der Waals surface area (Å²) in [6, 6.07) is 11.5. The normalized spacial score (nSPS) is 11.0. The van der Waals surface area contributed by atoms with Gasteiger partial charge in [0, 0.05) is 5.69 Å². The van der Waals surface area contributed by atoms with Gasteiger partial charge < -0.3 is 5.11 Å². The Bertz CT molecular complexity index is 842. The number of rotatable bonds is 2. The van der Waals surface area contributed by atoms with Crippen molar-refractivity contribution in [2.45, 2.75) is 20.8 Å². The molecule has 0 fully saturated rings. The fourth-order valence-corrected chi connectivity index (χ4v) is 2.79. The van der Waals surface area contributed by atoms with Gasteiger partial charge in [0.2, 0.25) is 0 Å². The Hall–Kier alpha value is -2.62. The minimum Gasteiger partial charge on any atom is -0.478 e. The molecule has 21 heavy (non-hydrogen) atoms. The summed E-state index contributed by atoms with van der Waals surface area (Å²) in [5.74, 6) is -0.172. The van der Waals surface area contributed by atoms with Gasteiger partial charge in [-0.2, -0.15) is 0 Å². The summed E-state index contributed by atoms with van der Waals surface area (Å²) >= 11 is 0. The number of fused-ring (bicyclic) bond motifs is 1. The Morgan fingerprint density at radius 1 is 1.10 bits per heavy atom. The Labute approximate surface area is 122 Å². The maximum absolute atomic E-state index is 11.3. The molecule has 0 radical (unpaired) electrons. The predicted molar refractivity (Wildman–Crippen MR) is 82.2 cm³/mol. The Morgan fingerprint density at radius 2 is 1.76 bits per heavy atom. The Balaban J connectivity index is 2.35. The number of nitrogens with zero attached hydrogens (tertiary/aromatic N) is 2. The van der Waals surface area contributed by atoms with Gasteiger partial charge in [-0.25, -0.2) is 9.78 Å². The summed E-state index contributed by atoms with van der Waals surface area (Å²) in [5, 5.41) is 9.29. The lowest BCUT2D eigenvalue weighted by atomic mass is 10.1. The molecule has 3 aromatic rings. The zero-order valence-electron chi connectivity index (χ0n) is 12.2. The third-order valence-corrected chi connectivity index (χ3v) is 3.55. The molecule has 106 valence electrons. The fraction of sp³-hybridized carbons (Fsp3) is 0.176. The number of carbonyl (C=O) groups is 1. The van der Waals surface area contributed by atoms with E-state index in [9.17, 15) is 9.90 Å². The molecule has 2 aromatic carbocycles. The van der Waals surface area contributed by atoms with Crippen LogP contribution in [0.15, 0.2) is 36.4 Å². The minimum atomic E-state index is -0.953. The highest BCUT2D eigenvalue weighted by Gasteiger charge is 2.16. The molecule has 3 rings (SSSR count). The second-order valence-corrected chi connectivity index (χ2v) is 5.32. The highest BCUT2D eigenvalue weighted by molar-refractivity contribution is 6.01. The average Bonchev–Trinajstić information content (AvgIpc) is 2.72. The van der Waals surface area contributed by atoms with E-state index in [4.69, 9.17) is 0 Å². The van der Waals surface area contributed by atoms with E-state index in [0.29, 0.717) is 5.52 Å². The maximum atomic E-state index is 11.3. The summed E-state index contributed by atoms with van der Waals surface area (Å²) < 4.78 is 2.00. The molecular formula is C17H16N2O2. The molecule has 4 nitrogen and oxygen atoms in total. The van der Waals surface area contributed by atoms with Gasteiger partial charge in [0.1, 0.15) is 11.3 Å². The van der Waals surface area contributed by atoms with Crippen molar-refractivity contribution < 1.29 is 9.90 Å². The van der Waals surface area contributed by atoms with Gasteiger partial charge in [0.05, 0.1) is 11.1 Å². The Kier molecular flexibility index (Phi) is 3.01. The first-order chi connectivity index (χ1) is 9.97. The van der Waals surface area contributed by atoms with Crippen molar-refractivity contribution in [1.82, 2.24) is 9.55 Å². The standard InChI is InChI=1S/C17H16N2O2/c1-10-7-11(2)9-13(8-10)19-12(3)18-16-14(17(20)21)5-4-6-15(16)19/h4-9H,1-3H3,(H,20,21). The lowest BCUT2D eigenvalue weighted by Gasteiger charge is -2.09. The number of benzene rings is 2. The van der Waals surface area contributed by atoms with Crippen molar-refractivity contribution in [3.8, 4) is 5.69 Å². The maximum Gasteiger partial charge on any atom is 0.337 e. The van der Waals surface area contributed by atoms with Crippen molar-refractivity contribution in [2.24, 2.45) is 0 Å². The van der Waals surface area contributed by atoms with Crippen LogP contribution in [0.5, 0.6) is 0 Å². The van der Waals surface area contributed by atoms with Crippen LogP contribution in [0.4, 0.5) is 0 Å². The minimum absolute atomic E-state index is 0.235. The second-order valence-electron chi connectivity index (χ2n) is 5.32. The van der Waals surface area contributed by atoms with Crippen LogP contribution in [0, 0.1) is 20.8 Å². The van der Waals surface area contributed by atoms with Crippen LogP contribution in [0.2, 0.25) is 0 Å². The molecule has 0 saturated carbocycles. The van der Waals surface area contributed by atoms with Crippen molar-refractivity contribution in [3.05, 3.63) is 58.9 Å². The number of imidazole rings is 1. The van der Waals surface area contributed by atoms with Crippen LogP contribution in [0.3, 0.4) is 0 Å². The molecule has 0 aliphatic carbocycles. The van der Waals surface area contributed by atoms with Gasteiger partial charge in [0.15, 0.2) is 0 Å². The summed E-state index contributed by atoms with van der Waals surface area (Å²) in [7, 11) is 0. The molecular weight excluding hydrogens is 264 g/mol. The van der Waals surface area contributed by atoms with Crippen LogP contribution in [0.25, 0.3) is 16.7 Å². The summed E-state index contributed by atoms with van der Waals surface area (Å²) in [5.41, 5.74) is 4.93. The highest BCUT2D eigenvalue weighted by Crippen LogP contribution is 2.25. The monoisotopic (exact) mass is 280 g/mol. The van der Waals surface area contributed by atoms with E-state index in [-0.39, 0.29) is 5.56 Å². The van der Waals surface area contributed by atoms with Crippen molar-refractivity contribution >= 4 is 17.0 Å². The number of aromatic nitrogens is 2. The zero-order chi connectivity index (χ0) is 15.1. The first-order valence-electron chi connectivity index (χ1n) is 6.77. The van der Waals surface area contributed by atoms with E-state index in [0.717, 1.165) is 17.0 Å². The molecule has 0 aliphatic heterocycles. The van der Waals surface area contributed by atoms with Gasteiger partial charge in [0.25, 0.3) is 0 Å². The lowest BCUT2D eigenvalue weighted by Crippen LogP contribution is -1.99. The quantitative estimate of drug-likeness (QED) is 0.779. The molecule has 4 heteroatoms. The van der Waals surface area contributed by atoms with Crippen molar-refractivity contribution in [3.63, 3.8) is 0 Å². The molecule has 1 aromatic heterocycles. The topological polar surface area (TPSA) is 55.1 Å². The van der Waals surface area contributed by atoms with Gasteiger partial charge in [-0.05, 0) is 56.2 Å². The van der Waals surface area contributed by atoms with Gasteiger partial charge in [-0.3, -0.25) is 4.57 Å². The number of hydrogen-bond donors (Lipinski definition) is 1. The van der Waals surface area contributed by atoms with E-state index in [1.54, 1.807) is 12.1 Å². The molecule has 0 saturated heterocycles. The number of carboxylic acids is 1. The van der Waals surface area contributed by atoms with E-state index >= 15 is 0 Å². The van der Waals surface area contributed by atoms with Crippen LogP contribution < -0.4 is 0 Å². The predicted octanol–water partition coefficient (Wildman–Crippen LogP) is 3.65. The van der Waals surface area contributed by atoms with Crippen LogP contribution >= 0.6 is 0 Å². The smallest absolute Gasteiger partial charge is 0.337 e. The van der Waals surface area contributed by atoms with Crippen LogP contribution in [-0.2, 0) is 0 Å². The summed E-state index contributed by atoms with van der Waals surface area (Å²) in [4.78, 5) is 15.8. The highest BCUT2D eigenvalue weighted by atomic mass is 16.4. The zero-order valence-corrected chi connectivity index (χ0v) is 12.2. The van der Waals surface area contributed by atoms with Crippen LogP contribution in [-0.4, -0.2) is 20.6 Å². The van der Waals surface area contributed by atoms with Crippen molar-refractivity contribution in [1.29, 1.82) is 0 Å². The number of hydrogen-bond acceptors (Lipinski definition) is 2. The van der Waals surface area contributed by atoms with Gasteiger partial charge in [-0.15, -0.1) is 0 Å². The fourth-order valence-electron chi connectivity index (χ4n) is 2.79. The molecule has 0 bridgehead atoms. The summed E-state index contributed by atoms with van der Waals surface area (Å²) in [6.45, 7) is 5.99. The third kappa shape index (κ3) is 2.18. The second kappa shape index (κ2) is 4.74. The first-order valence-corrected chi connectivity index (χ1v) is 6.77.